The Balaban J connectivity index is 2.31. The molecule has 0 spiro atoms. The molecule has 0 fully saturated rings. The second-order valence-corrected chi connectivity index (χ2v) is 7.88. The summed E-state index contributed by atoms with van der Waals surface area (Å²) in [6.07, 6.45) is 1.01. The number of hydrogen-bond acceptors (Lipinski definition) is 3. The van der Waals surface area contributed by atoms with Gasteiger partial charge < -0.3 is 5.32 Å². The van der Waals surface area contributed by atoms with Crippen LogP contribution in [0.25, 0.3) is 0 Å². The highest BCUT2D eigenvalue weighted by Gasteiger charge is 2.29. The standard InChI is InChI=1S/C18H21FN2O3S/c1-12-5-10-17(13(2)11-12)20-18(22)14(3)21(25(4,23)24)16-8-6-15(19)7-9-16/h5-11,14H,1-4H3,(H,20,22)/t14-/m1/s1. The predicted octanol–water partition coefficient (Wildman–Crippen LogP) is 3.24. The van der Waals surface area contributed by atoms with Gasteiger partial charge in [0, 0.05) is 5.69 Å². The third kappa shape index (κ3) is 4.57. The average Bonchev–Trinajstić information content (AvgIpc) is 2.50. The third-order valence-electron chi connectivity index (χ3n) is 3.81. The first-order chi connectivity index (χ1) is 11.6. The van der Waals surface area contributed by atoms with Gasteiger partial charge in [-0.15, -0.1) is 0 Å². The Labute approximate surface area is 147 Å². The number of aryl methyl sites for hydroxylation is 2. The lowest BCUT2D eigenvalue weighted by atomic mass is 10.1. The molecule has 0 saturated heterocycles. The van der Waals surface area contributed by atoms with Gasteiger partial charge in [-0.3, -0.25) is 9.10 Å². The Morgan fingerprint density at radius 1 is 1.12 bits per heavy atom. The number of sulfonamides is 1. The average molecular weight is 364 g/mol. The summed E-state index contributed by atoms with van der Waals surface area (Å²) in [7, 11) is -3.73. The van der Waals surface area contributed by atoms with E-state index in [2.05, 4.69) is 5.32 Å². The van der Waals surface area contributed by atoms with Crippen molar-refractivity contribution < 1.29 is 17.6 Å². The van der Waals surface area contributed by atoms with E-state index in [1.165, 1.54) is 19.1 Å². The Bertz CT molecular complexity index is 880. The van der Waals surface area contributed by atoms with Gasteiger partial charge in [0.2, 0.25) is 15.9 Å². The quantitative estimate of drug-likeness (QED) is 0.886. The lowest BCUT2D eigenvalue weighted by Crippen LogP contribution is -2.45. The van der Waals surface area contributed by atoms with Crippen LogP contribution in [0.3, 0.4) is 0 Å². The normalized spacial score (nSPS) is 12.5. The number of amides is 1. The summed E-state index contributed by atoms with van der Waals surface area (Å²) in [4.78, 5) is 12.6. The first kappa shape index (κ1) is 18.9. The lowest BCUT2D eigenvalue weighted by molar-refractivity contribution is -0.116. The summed E-state index contributed by atoms with van der Waals surface area (Å²) in [5, 5.41) is 2.75. The molecule has 0 bridgehead atoms. The fourth-order valence-electron chi connectivity index (χ4n) is 2.59. The van der Waals surface area contributed by atoms with E-state index in [0.29, 0.717) is 5.69 Å². The van der Waals surface area contributed by atoms with Crippen LogP contribution in [0.4, 0.5) is 15.8 Å². The molecule has 0 aliphatic carbocycles. The van der Waals surface area contributed by atoms with Gasteiger partial charge in [0.1, 0.15) is 11.9 Å². The minimum atomic E-state index is -3.73. The van der Waals surface area contributed by atoms with E-state index < -0.39 is 27.8 Å². The van der Waals surface area contributed by atoms with Gasteiger partial charge >= 0.3 is 0 Å². The fourth-order valence-corrected chi connectivity index (χ4v) is 3.76. The molecule has 5 nitrogen and oxygen atoms in total. The van der Waals surface area contributed by atoms with Gasteiger partial charge in [0.25, 0.3) is 0 Å². The molecule has 2 rings (SSSR count). The Morgan fingerprint density at radius 2 is 1.72 bits per heavy atom. The van der Waals surface area contributed by atoms with Crippen LogP contribution in [0.15, 0.2) is 42.5 Å². The van der Waals surface area contributed by atoms with Crippen molar-refractivity contribution in [3.05, 3.63) is 59.4 Å². The zero-order valence-electron chi connectivity index (χ0n) is 14.6. The van der Waals surface area contributed by atoms with Crippen LogP contribution in [0.5, 0.6) is 0 Å². The van der Waals surface area contributed by atoms with Crippen LogP contribution < -0.4 is 9.62 Å². The molecule has 0 aromatic heterocycles. The van der Waals surface area contributed by atoms with E-state index in [1.807, 2.05) is 26.0 Å². The van der Waals surface area contributed by atoms with E-state index in [4.69, 9.17) is 0 Å². The number of halogens is 1. The van der Waals surface area contributed by atoms with Crippen LogP contribution in [-0.4, -0.2) is 26.6 Å². The van der Waals surface area contributed by atoms with E-state index in [0.717, 1.165) is 33.8 Å². The van der Waals surface area contributed by atoms with Crippen molar-refractivity contribution in [3.63, 3.8) is 0 Å². The lowest BCUT2D eigenvalue weighted by Gasteiger charge is -2.28. The van der Waals surface area contributed by atoms with E-state index >= 15 is 0 Å². The van der Waals surface area contributed by atoms with Gasteiger partial charge in [0.05, 0.1) is 11.9 Å². The fraction of sp³-hybridized carbons (Fsp3) is 0.278. The molecule has 2 aromatic rings. The number of carbonyl (C=O) groups excluding carboxylic acids is 1. The topological polar surface area (TPSA) is 66.5 Å². The number of anilines is 2. The maximum absolute atomic E-state index is 13.1. The van der Waals surface area contributed by atoms with Crippen molar-refractivity contribution in [3.8, 4) is 0 Å². The zero-order chi connectivity index (χ0) is 18.8. The van der Waals surface area contributed by atoms with Gasteiger partial charge in [-0.1, -0.05) is 17.7 Å². The van der Waals surface area contributed by atoms with E-state index in [1.54, 1.807) is 6.07 Å². The van der Waals surface area contributed by atoms with Gasteiger partial charge in [-0.2, -0.15) is 0 Å². The van der Waals surface area contributed by atoms with Crippen LogP contribution in [0, 0.1) is 19.7 Å². The Hall–Kier alpha value is -2.41. The first-order valence-electron chi connectivity index (χ1n) is 7.72. The number of hydrogen-bond donors (Lipinski definition) is 1. The Kier molecular flexibility index (Phi) is 5.47. The summed E-state index contributed by atoms with van der Waals surface area (Å²) >= 11 is 0. The molecular formula is C18H21FN2O3S. The van der Waals surface area contributed by atoms with Crippen LogP contribution in [0.2, 0.25) is 0 Å². The molecule has 7 heteroatoms. The smallest absolute Gasteiger partial charge is 0.248 e. The van der Waals surface area contributed by atoms with Crippen molar-refractivity contribution >= 4 is 27.3 Å². The minimum absolute atomic E-state index is 0.229. The number of rotatable bonds is 5. The molecular weight excluding hydrogens is 343 g/mol. The summed E-state index contributed by atoms with van der Waals surface area (Å²) in [5.41, 5.74) is 2.79. The van der Waals surface area contributed by atoms with Crippen LogP contribution >= 0.6 is 0 Å². The minimum Gasteiger partial charge on any atom is -0.324 e. The number of nitrogens with one attached hydrogen (secondary N) is 1. The molecule has 134 valence electrons. The molecule has 0 heterocycles. The molecule has 0 unspecified atom stereocenters. The van der Waals surface area contributed by atoms with E-state index in [-0.39, 0.29) is 5.69 Å². The summed E-state index contributed by atoms with van der Waals surface area (Å²) in [6.45, 7) is 5.30. The van der Waals surface area contributed by atoms with Gasteiger partial charge in [-0.05, 0) is 56.7 Å². The maximum Gasteiger partial charge on any atom is 0.248 e. The Morgan fingerprint density at radius 3 is 2.24 bits per heavy atom. The zero-order valence-corrected chi connectivity index (χ0v) is 15.4. The van der Waals surface area contributed by atoms with Crippen molar-refractivity contribution in [2.45, 2.75) is 26.8 Å². The molecule has 1 amide bonds. The SMILES string of the molecule is Cc1ccc(NC(=O)[C@@H](C)N(c2ccc(F)cc2)S(C)(=O)=O)c(C)c1. The van der Waals surface area contributed by atoms with Crippen molar-refractivity contribution in [2.75, 3.05) is 15.9 Å². The number of carbonyl (C=O) groups is 1. The maximum atomic E-state index is 13.1. The monoisotopic (exact) mass is 364 g/mol. The largest absolute Gasteiger partial charge is 0.324 e. The highest BCUT2D eigenvalue weighted by atomic mass is 32.2. The van der Waals surface area contributed by atoms with Crippen molar-refractivity contribution in [2.24, 2.45) is 0 Å². The molecule has 0 aliphatic rings. The number of nitrogens with zero attached hydrogens (tertiary/aromatic N) is 1. The van der Waals surface area contributed by atoms with E-state index in [9.17, 15) is 17.6 Å². The number of benzene rings is 2. The molecule has 2 aromatic carbocycles. The van der Waals surface area contributed by atoms with Gasteiger partial charge in [-0.25, -0.2) is 12.8 Å². The third-order valence-corrected chi connectivity index (χ3v) is 5.05. The summed E-state index contributed by atoms with van der Waals surface area (Å²) in [6, 6.07) is 9.54. The summed E-state index contributed by atoms with van der Waals surface area (Å²) in [5.74, 6) is -0.953. The highest BCUT2D eigenvalue weighted by Crippen LogP contribution is 2.23. The first-order valence-corrected chi connectivity index (χ1v) is 9.57. The molecule has 0 aliphatic heterocycles. The molecule has 1 N–H and O–H groups in total. The second-order valence-electron chi connectivity index (χ2n) is 6.02. The summed E-state index contributed by atoms with van der Waals surface area (Å²) < 4.78 is 38.5. The highest BCUT2D eigenvalue weighted by molar-refractivity contribution is 7.92. The predicted molar refractivity (Wildman–Crippen MR) is 97.7 cm³/mol. The van der Waals surface area contributed by atoms with Crippen molar-refractivity contribution in [1.29, 1.82) is 0 Å². The second kappa shape index (κ2) is 7.23. The molecule has 25 heavy (non-hydrogen) atoms. The van der Waals surface area contributed by atoms with Gasteiger partial charge in [0.15, 0.2) is 0 Å². The van der Waals surface area contributed by atoms with Crippen molar-refractivity contribution in [1.82, 2.24) is 0 Å². The molecule has 0 saturated carbocycles. The molecule has 1 atom stereocenters. The van der Waals surface area contributed by atoms with Crippen LogP contribution in [-0.2, 0) is 14.8 Å². The molecule has 0 radical (unpaired) electrons. The van der Waals surface area contributed by atoms with Crippen LogP contribution in [0.1, 0.15) is 18.1 Å².